The summed E-state index contributed by atoms with van der Waals surface area (Å²) in [6.45, 7) is 0.830. The van der Waals surface area contributed by atoms with Crippen LogP contribution in [0.15, 0.2) is 48.8 Å². The van der Waals surface area contributed by atoms with Gasteiger partial charge < -0.3 is 4.90 Å². The molecule has 102 valence electrons. The number of carbonyl (C=O) groups excluding carboxylic acids is 1. The molecule has 1 saturated heterocycles. The quantitative estimate of drug-likeness (QED) is 0.748. The summed E-state index contributed by atoms with van der Waals surface area (Å²) < 4.78 is 1.01. The zero-order valence-corrected chi connectivity index (χ0v) is 13.2. The molecule has 4 heteroatoms. The van der Waals surface area contributed by atoms with Crippen molar-refractivity contribution in [2.24, 2.45) is 0 Å². The zero-order chi connectivity index (χ0) is 13.9. The first-order chi connectivity index (χ1) is 9.77. The lowest BCUT2D eigenvalue weighted by Crippen LogP contribution is -2.31. The predicted octanol–water partition coefficient (Wildman–Crippen LogP) is 3.66. The molecule has 20 heavy (non-hydrogen) atoms. The van der Waals surface area contributed by atoms with Crippen molar-refractivity contribution in [1.29, 1.82) is 0 Å². The van der Waals surface area contributed by atoms with Crippen LogP contribution >= 0.6 is 22.6 Å². The molecule has 1 aromatic heterocycles. The predicted molar refractivity (Wildman–Crippen MR) is 86.4 cm³/mol. The van der Waals surface area contributed by atoms with E-state index in [0.29, 0.717) is 0 Å². The number of hydrogen-bond acceptors (Lipinski definition) is 2. The highest BCUT2D eigenvalue weighted by molar-refractivity contribution is 14.1. The van der Waals surface area contributed by atoms with E-state index < -0.39 is 0 Å². The number of rotatable bonds is 2. The Hall–Kier alpha value is -1.43. The SMILES string of the molecule is O=C(c1ccccc1I)N1CCCC1c1ccncc1. The number of pyridine rings is 1. The molecular weight excluding hydrogens is 363 g/mol. The molecule has 2 heterocycles. The number of likely N-dealkylation sites (tertiary alicyclic amines) is 1. The van der Waals surface area contributed by atoms with E-state index in [1.165, 1.54) is 5.56 Å². The van der Waals surface area contributed by atoms with E-state index in [0.717, 1.165) is 28.5 Å². The Balaban J connectivity index is 1.90. The molecule has 0 saturated carbocycles. The van der Waals surface area contributed by atoms with Crippen LogP contribution in [0.1, 0.15) is 34.8 Å². The second-order valence-electron chi connectivity index (χ2n) is 4.92. The first-order valence-corrected chi connectivity index (χ1v) is 7.80. The van der Waals surface area contributed by atoms with Gasteiger partial charge in [-0.1, -0.05) is 12.1 Å². The van der Waals surface area contributed by atoms with Gasteiger partial charge in [-0.05, 0) is 65.3 Å². The Labute approximate surface area is 132 Å². The molecule has 1 aliphatic heterocycles. The highest BCUT2D eigenvalue weighted by Crippen LogP contribution is 2.33. The van der Waals surface area contributed by atoms with Gasteiger partial charge in [0.1, 0.15) is 0 Å². The molecule has 1 aliphatic rings. The highest BCUT2D eigenvalue weighted by atomic mass is 127. The van der Waals surface area contributed by atoms with Crippen molar-refractivity contribution in [1.82, 2.24) is 9.88 Å². The molecule has 3 rings (SSSR count). The summed E-state index contributed by atoms with van der Waals surface area (Å²) in [7, 11) is 0. The summed E-state index contributed by atoms with van der Waals surface area (Å²) >= 11 is 2.23. The van der Waals surface area contributed by atoms with Gasteiger partial charge in [0.05, 0.1) is 11.6 Å². The van der Waals surface area contributed by atoms with Crippen molar-refractivity contribution in [2.75, 3.05) is 6.54 Å². The molecular formula is C16H15IN2O. The largest absolute Gasteiger partial charge is 0.332 e. The molecule has 0 radical (unpaired) electrons. The summed E-state index contributed by atoms with van der Waals surface area (Å²) in [5.41, 5.74) is 1.98. The Bertz CT molecular complexity index is 615. The Morgan fingerprint density at radius 2 is 1.95 bits per heavy atom. The topological polar surface area (TPSA) is 33.2 Å². The summed E-state index contributed by atoms with van der Waals surface area (Å²) in [6.07, 6.45) is 5.67. The van der Waals surface area contributed by atoms with Gasteiger partial charge in [-0.2, -0.15) is 0 Å². The fourth-order valence-electron chi connectivity index (χ4n) is 2.73. The Morgan fingerprint density at radius 3 is 2.70 bits per heavy atom. The molecule has 2 aromatic rings. The van der Waals surface area contributed by atoms with Crippen LogP contribution in [0.3, 0.4) is 0 Å². The fraction of sp³-hybridized carbons (Fsp3) is 0.250. The van der Waals surface area contributed by atoms with Crippen LogP contribution in [0.4, 0.5) is 0 Å². The number of amides is 1. The molecule has 1 amide bonds. The first kappa shape index (κ1) is 13.5. The van der Waals surface area contributed by atoms with Crippen molar-refractivity contribution >= 4 is 28.5 Å². The minimum absolute atomic E-state index is 0.134. The molecule has 0 spiro atoms. The monoisotopic (exact) mass is 378 g/mol. The number of aromatic nitrogens is 1. The smallest absolute Gasteiger partial charge is 0.255 e. The normalized spacial score (nSPS) is 18.2. The fourth-order valence-corrected chi connectivity index (χ4v) is 3.35. The lowest BCUT2D eigenvalue weighted by Gasteiger charge is -2.25. The molecule has 0 bridgehead atoms. The lowest BCUT2D eigenvalue weighted by atomic mass is 10.1. The van der Waals surface area contributed by atoms with Crippen molar-refractivity contribution < 1.29 is 4.79 Å². The van der Waals surface area contributed by atoms with Crippen molar-refractivity contribution in [3.63, 3.8) is 0 Å². The molecule has 1 aromatic carbocycles. The third-order valence-corrected chi connectivity index (χ3v) is 4.65. The van der Waals surface area contributed by atoms with Gasteiger partial charge in [-0.25, -0.2) is 0 Å². The van der Waals surface area contributed by atoms with Gasteiger partial charge >= 0.3 is 0 Å². The summed E-state index contributed by atoms with van der Waals surface area (Å²) in [4.78, 5) is 18.8. The zero-order valence-electron chi connectivity index (χ0n) is 11.0. The Morgan fingerprint density at radius 1 is 1.20 bits per heavy atom. The minimum atomic E-state index is 0.134. The molecule has 1 unspecified atom stereocenters. The van der Waals surface area contributed by atoms with Gasteiger partial charge in [-0.15, -0.1) is 0 Å². The molecule has 3 nitrogen and oxygen atoms in total. The first-order valence-electron chi connectivity index (χ1n) is 6.73. The average Bonchev–Trinajstić information content (AvgIpc) is 2.97. The van der Waals surface area contributed by atoms with Crippen LogP contribution in [0, 0.1) is 3.57 Å². The summed E-state index contributed by atoms with van der Waals surface area (Å²) in [6, 6.07) is 12.0. The van der Waals surface area contributed by atoms with E-state index in [2.05, 4.69) is 27.6 Å². The van der Waals surface area contributed by atoms with Gasteiger partial charge in [0.25, 0.3) is 5.91 Å². The molecule has 1 atom stereocenters. The number of benzene rings is 1. The van der Waals surface area contributed by atoms with Crippen LogP contribution in [0.25, 0.3) is 0 Å². The number of nitrogens with zero attached hydrogens (tertiary/aromatic N) is 2. The van der Waals surface area contributed by atoms with Crippen LogP contribution in [0.2, 0.25) is 0 Å². The van der Waals surface area contributed by atoms with Gasteiger partial charge in [-0.3, -0.25) is 9.78 Å². The second-order valence-corrected chi connectivity index (χ2v) is 6.08. The molecule has 1 fully saturated rings. The van der Waals surface area contributed by atoms with E-state index in [4.69, 9.17) is 0 Å². The molecule has 0 N–H and O–H groups in total. The maximum absolute atomic E-state index is 12.8. The maximum Gasteiger partial charge on any atom is 0.255 e. The van der Waals surface area contributed by atoms with Gasteiger partial charge in [0, 0.05) is 22.5 Å². The second kappa shape index (κ2) is 5.91. The number of halogens is 1. The third kappa shape index (κ3) is 2.57. The lowest BCUT2D eigenvalue weighted by molar-refractivity contribution is 0.0734. The van der Waals surface area contributed by atoms with Crippen molar-refractivity contribution in [3.8, 4) is 0 Å². The van der Waals surface area contributed by atoms with Crippen LogP contribution < -0.4 is 0 Å². The highest BCUT2D eigenvalue weighted by Gasteiger charge is 2.31. The van der Waals surface area contributed by atoms with Crippen LogP contribution in [0.5, 0.6) is 0 Å². The number of hydrogen-bond donors (Lipinski definition) is 0. The van der Waals surface area contributed by atoms with E-state index in [1.54, 1.807) is 12.4 Å². The Kier molecular flexibility index (Phi) is 4.00. The molecule has 0 aliphatic carbocycles. The summed E-state index contributed by atoms with van der Waals surface area (Å²) in [5.74, 6) is 0.134. The standard InChI is InChI=1S/C16H15IN2O/c17-14-5-2-1-4-13(14)16(20)19-11-3-6-15(19)12-7-9-18-10-8-12/h1-2,4-5,7-10,15H,3,6,11H2. The minimum Gasteiger partial charge on any atom is -0.332 e. The summed E-state index contributed by atoms with van der Waals surface area (Å²) in [5, 5.41) is 0. The maximum atomic E-state index is 12.8. The van der Waals surface area contributed by atoms with E-state index in [9.17, 15) is 4.79 Å². The van der Waals surface area contributed by atoms with Crippen molar-refractivity contribution in [2.45, 2.75) is 18.9 Å². The van der Waals surface area contributed by atoms with Gasteiger partial charge in [0.2, 0.25) is 0 Å². The van der Waals surface area contributed by atoms with E-state index in [-0.39, 0.29) is 11.9 Å². The van der Waals surface area contributed by atoms with Crippen LogP contribution in [-0.4, -0.2) is 22.3 Å². The number of carbonyl (C=O) groups is 1. The van der Waals surface area contributed by atoms with Crippen LogP contribution in [-0.2, 0) is 0 Å². The van der Waals surface area contributed by atoms with E-state index in [1.807, 2.05) is 41.3 Å². The average molecular weight is 378 g/mol. The van der Waals surface area contributed by atoms with E-state index >= 15 is 0 Å². The van der Waals surface area contributed by atoms with Crippen molar-refractivity contribution in [3.05, 3.63) is 63.5 Å². The third-order valence-electron chi connectivity index (χ3n) is 3.71. The van der Waals surface area contributed by atoms with Gasteiger partial charge in [0.15, 0.2) is 0 Å².